The summed E-state index contributed by atoms with van der Waals surface area (Å²) >= 11 is 0. The molecular weight excluding hydrogens is 418 g/mol. The lowest BCUT2D eigenvalue weighted by Crippen LogP contribution is -2.31. The number of nitrogens with zero attached hydrogens (tertiary/aromatic N) is 3. The highest BCUT2D eigenvalue weighted by Gasteiger charge is 2.42. The van der Waals surface area contributed by atoms with E-state index < -0.39 is 24.5 Å². The number of aromatic amines is 1. The van der Waals surface area contributed by atoms with Crippen molar-refractivity contribution in [1.82, 2.24) is 14.6 Å². The Hall–Kier alpha value is -3.59. The Bertz CT molecular complexity index is 1330. The summed E-state index contributed by atoms with van der Waals surface area (Å²) in [4.78, 5) is 7.97. The van der Waals surface area contributed by atoms with Crippen LogP contribution in [0.2, 0.25) is 0 Å². The summed E-state index contributed by atoms with van der Waals surface area (Å²) in [5.74, 6) is 0.720. The maximum Gasteiger partial charge on any atom is 0.164 e. The van der Waals surface area contributed by atoms with Crippen LogP contribution in [0.25, 0.3) is 22.0 Å². The number of aromatic nitrogens is 2. The predicted molar refractivity (Wildman–Crippen MR) is 127 cm³/mol. The van der Waals surface area contributed by atoms with E-state index in [1.807, 2.05) is 64.4 Å². The first-order chi connectivity index (χ1) is 16.1. The molecule has 8 nitrogen and oxygen atoms in total. The largest absolute Gasteiger partial charge is 0.388 e. The van der Waals surface area contributed by atoms with Gasteiger partial charge >= 0.3 is 0 Å². The highest BCUT2D eigenvalue weighted by atomic mass is 16.6. The molecule has 0 spiro atoms. The van der Waals surface area contributed by atoms with Gasteiger partial charge in [-0.25, -0.2) is 4.99 Å². The second-order valence-corrected chi connectivity index (χ2v) is 8.56. The molecule has 0 bridgehead atoms. The minimum absolute atomic E-state index is 0.462. The lowest BCUT2D eigenvalue weighted by Gasteiger charge is -2.27. The molecule has 2 aromatic heterocycles. The molecule has 0 unspecified atom stereocenters. The van der Waals surface area contributed by atoms with Gasteiger partial charge in [-0.2, -0.15) is 0 Å². The SMILES string of the molecule is C[C@H]1O[C@@H](n2cc(-c3ccccc3)c3c2N=CN(Nc2cccc4[nH]ccc24)C3)[C@H](O)[C@@H]1O. The normalized spacial score (nSPS) is 24.4. The Kier molecular flexibility index (Phi) is 4.72. The number of hydrogen-bond acceptors (Lipinski definition) is 6. The molecule has 2 aliphatic heterocycles. The quantitative estimate of drug-likeness (QED) is 0.385. The van der Waals surface area contributed by atoms with E-state index in [0.717, 1.165) is 39.1 Å². The third-order valence-electron chi connectivity index (χ3n) is 6.45. The number of fused-ring (bicyclic) bond motifs is 2. The van der Waals surface area contributed by atoms with E-state index in [4.69, 9.17) is 9.73 Å². The van der Waals surface area contributed by atoms with Crippen LogP contribution in [-0.4, -0.2) is 49.4 Å². The maximum atomic E-state index is 10.6. The first-order valence-corrected chi connectivity index (χ1v) is 11.0. The van der Waals surface area contributed by atoms with Gasteiger partial charge in [0.2, 0.25) is 0 Å². The van der Waals surface area contributed by atoms with E-state index in [2.05, 4.69) is 22.5 Å². The second kappa shape index (κ2) is 7.77. The molecule has 0 radical (unpaired) electrons. The lowest BCUT2D eigenvalue weighted by atomic mass is 10.0. The summed E-state index contributed by atoms with van der Waals surface area (Å²) in [7, 11) is 0. The fourth-order valence-electron chi connectivity index (χ4n) is 4.71. The summed E-state index contributed by atoms with van der Waals surface area (Å²) < 4.78 is 7.75. The molecule has 4 atom stereocenters. The molecule has 4 N–H and O–H groups in total. The topological polar surface area (TPSA) is 98.0 Å². The number of hydrazine groups is 1. The van der Waals surface area contributed by atoms with E-state index in [1.54, 1.807) is 13.3 Å². The molecule has 2 aromatic carbocycles. The molecule has 0 aliphatic carbocycles. The Balaban J connectivity index is 1.39. The molecule has 8 heteroatoms. The number of H-pyrrole nitrogens is 1. The van der Waals surface area contributed by atoms with Crippen molar-refractivity contribution in [2.45, 2.75) is 38.0 Å². The number of nitrogens with one attached hydrogen (secondary N) is 2. The van der Waals surface area contributed by atoms with Gasteiger partial charge in [-0.05, 0) is 30.7 Å². The molecule has 4 heterocycles. The van der Waals surface area contributed by atoms with E-state index in [-0.39, 0.29) is 0 Å². The van der Waals surface area contributed by atoms with Gasteiger partial charge in [0.15, 0.2) is 6.23 Å². The minimum atomic E-state index is -1.03. The van der Waals surface area contributed by atoms with Crippen LogP contribution in [0.5, 0.6) is 0 Å². The second-order valence-electron chi connectivity index (χ2n) is 8.56. The molecule has 0 saturated carbocycles. The Morgan fingerprint density at radius 2 is 1.91 bits per heavy atom. The molecule has 6 rings (SSSR count). The van der Waals surface area contributed by atoms with Gasteiger partial charge in [0.05, 0.1) is 18.3 Å². The number of benzene rings is 2. The van der Waals surface area contributed by atoms with Gasteiger partial charge in [0, 0.05) is 34.4 Å². The highest BCUT2D eigenvalue weighted by molar-refractivity contribution is 5.92. The van der Waals surface area contributed by atoms with E-state index in [9.17, 15) is 10.2 Å². The Labute approximate surface area is 190 Å². The van der Waals surface area contributed by atoms with Crippen LogP contribution in [0, 0.1) is 0 Å². The molecule has 4 aromatic rings. The summed E-state index contributed by atoms with van der Waals surface area (Å²) in [5, 5.41) is 23.9. The van der Waals surface area contributed by atoms with Gasteiger partial charge in [0.1, 0.15) is 24.4 Å². The summed E-state index contributed by atoms with van der Waals surface area (Å²) in [6, 6.07) is 18.2. The van der Waals surface area contributed by atoms with Crippen LogP contribution < -0.4 is 5.43 Å². The van der Waals surface area contributed by atoms with Gasteiger partial charge < -0.3 is 24.5 Å². The molecule has 0 amide bonds. The summed E-state index contributed by atoms with van der Waals surface area (Å²) in [6.45, 7) is 2.33. The number of anilines is 1. The first kappa shape index (κ1) is 20.0. The fourth-order valence-corrected chi connectivity index (χ4v) is 4.71. The van der Waals surface area contributed by atoms with Crippen LogP contribution in [0.1, 0.15) is 18.7 Å². The smallest absolute Gasteiger partial charge is 0.164 e. The van der Waals surface area contributed by atoms with Crippen LogP contribution in [0.15, 0.2) is 72.0 Å². The molecule has 1 saturated heterocycles. The molecule has 1 fully saturated rings. The fraction of sp³-hybridized carbons (Fsp3) is 0.240. The van der Waals surface area contributed by atoms with E-state index in [0.29, 0.717) is 6.54 Å². The molecule has 2 aliphatic rings. The zero-order valence-corrected chi connectivity index (χ0v) is 18.1. The zero-order chi connectivity index (χ0) is 22.5. The number of aliphatic hydroxyl groups excluding tert-OH is 2. The molecule has 168 valence electrons. The standard InChI is InChI=1S/C25H25N5O3/c1-15-22(31)23(32)25(33-15)30-13-18(16-6-3-2-4-7-16)19-12-29(14-27-24(19)30)28-21-9-5-8-20-17(21)10-11-26-20/h2-11,13-15,22-23,25-26,28,31-32H,12H2,1H3/t15-,22-,23-,25-/m1/s1. The molecule has 33 heavy (non-hydrogen) atoms. The van der Waals surface area contributed by atoms with Crippen molar-refractivity contribution >= 4 is 28.7 Å². The lowest BCUT2D eigenvalue weighted by molar-refractivity contribution is -0.0308. The van der Waals surface area contributed by atoms with Gasteiger partial charge in [0.25, 0.3) is 0 Å². The summed E-state index contributed by atoms with van der Waals surface area (Å²) in [6.07, 6.45) is 2.50. The van der Waals surface area contributed by atoms with Gasteiger partial charge in [-0.1, -0.05) is 36.4 Å². The zero-order valence-electron chi connectivity index (χ0n) is 18.1. The van der Waals surface area contributed by atoms with Crippen molar-refractivity contribution in [3.8, 4) is 11.1 Å². The highest BCUT2D eigenvalue weighted by Crippen LogP contribution is 2.41. The number of aliphatic imine (C=N–C) groups is 1. The Morgan fingerprint density at radius 1 is 1.06 bits per heavy atom. The van der Waals surface area contributed by atoms with Gasteiger partial charge in [-0.15, -0.1) is 0 Å². The van der Waals surface area contributed by atoms with Crippen LogP contribution >= 0.6 is 0 Å². The minimum Gasteiger partial charge on any atom is -0.388 e. The number of hydrogen-bond donors (Lipinski definition) is 4. The van der Waals surface area contributed by atoms with Crippen LogP contribution in [-0.2, 0) is 11.3 Å². The van der Waals surface area contributed by atoms with E-state index in [1.165, 1.54) is 0 Å². The third kappa shape index (κ3) is 3.31. The van der Waals surface area contributed by atoms with Crippen LogP contribution in [0.3, 0.4) is 0 Å². The number of ether oxygens (including phenoxy) is 1. The van der Waals surface area contributed by atoms with Crippen molar-refractivity contribution in [2.24, 2.45) is 4.99 Å². The predicted octanol–water partition coefficient (Wildman–Crippen LogP) is 3.78. The van der Waals surface area contributed by atoms with Crippen LogP contribution in [0.4, 0.5) is 11.5 Å². The average Bonchev–Trinajstić information content (AvgIpc) is 3.53. The van der Waals surface area contributed by atoms with Crippen molar-refractivity contribution in [2.75, 3.05) is 5.43 Å². The Morgan fingerprint density at radius 3 is 2.70 bits per heavy atom. The van der Waals surface area contributed by atoms with Crippen molar-refractivity contribution < 1.29 is 14.9 Å². The monoisotopic (exact) mass is 443 g/mol. The average molecular weight is 444 g/mol. The van der Waals surface area contributed by atoms with Crippen molar-refractivity contribution in [1.29, 1.82) is 0 Å². The first-order valence-electron chi connectivity index (χ1n) is 11.0. The molecular formula is C25H25N5O3. The third-order valence-corrected chi connectivity index (χ3v) is 6.45. The van der Waals surface area contributed by atoms with Crippen molar-refractivity contribution in [3.05, 3.63) is 72.6 Å². The maximum absolute atomic E-state index is 10.6. The summed E-state index contributed by atoms with van der Waals surface area (Å²) in [5.41, 5.74) is 8.59. The number of aliphatic hydroxyl groups is 2. The number of rotatable bonds is 4. The van der Waals surface area contributed by atoms with Gasteiger partial charge in [-0.3, -0.25) is 10.4 Å². The van der Waals surface area contributed by atoms with E-state index >= 15 is 0 Å². The van der Waals surface area contributed by atoms with Crippen molar-refractivity contribution in [3.63, 3.8) is 0 Å².